The van der Waals surface area contributed by atoms with E-state index in [2.05, 4.69) is 5.32 Å². The summed E-state index contributed by atoms with van der Waals surface area (Å²) in [4.78, 5) is 13.7. The van der Waals surface area contributed by atoms with Gasteiger partial charge in [0.25, 0.3) is 0 Å². The number of nitrogens with zero attached hydrogens (tertiary/aromatic N) is 1. The van der Waals surface area contributed by atoms with Crippen molar-refractivity contribution in [3.8, 4) is 5.75 Å². The van der Waals surface area contributed by atoms with Gasteiger partial charge in [-0.3, -0.25) is 9.69 Å². The molecule has 0 radical (unpaired) electrons. The van der Waals surface area contributed by atoms with Gasteiger partial charge in [-0.05, 0) is 31.5 Å². The van der Waals surface area contributed by atoms with E-state index in [1.807, 2.05) is 0 Å². The maximum atomic E-state index is 13.5. The first-order valence-electron chi connectivity index (χ1n) is 8.30. The second-order valence-corrected chi connectivity index (χ2v) is 6.16. The lowest BCUT2D eigenvalue weighted by atomic mass is 9.97. The van der Waals surface area contributed by atoms with Gasteiger partial charge in [-0.2, -0.15) is 13.2 Å². The third kappa shape index (κ3) is 6.45. The number of piperidine rings is 1. The number of rotatable bonds is 7. The molecule has 1 aliphatic rings. The molecule has 9 heteroatoms. The molecule has 1 heterocycles. The largest absolute Gasteiger partial charge is 0.489 e. The fourth-order valence-corrected chi connectivity index (χ4v) is 2.86. The third-order valence-electron chi connectivity index (χ3n) is 4.02. The third-order valence-corrected chi connectivity index (χ3v) is 4.02. The average molecular weight is 378 g/mol. The first-order valence-corrected chi connectivity index (χ1v) is 8.30. The summed E-state index contributed by atoms with van der Waals surface area (Å²) in [5.41, 5.74) is 0.152. The molecule has 1 fully saturated rings. The summed E-state index contributed by atoms with van der Waals surface area (Å²) >= 11 is 0. The predicted molar refractivity (Wildman–Crippen MR) is 87.6 cm³/mol. The minimum Gasteiger partial charge on any atom is -0.489 e. The van der Waals surface area contributed by atoms with Crippen molar-refractivity contribution in [1.29, 1.82) is 0 Å². The van der Waals surface area contributed by atoms with Crippen LogP contribution in [-0.4, -0.2) is 56.9 Å². The Labute approximate surface area is 149 Å². The van der Waals surface area contributed by atoms with E-state index in [1.165, 1.54) is 24.1 Å². The minimum atomic E-state index is -4.30. The molecule has 0 aromatic heterocycles. The van der Waals surface area contributed by atoms with E-state index in [9.17, 15) is 22.4 Å². The quantitative estimate of drug-likeness (QED) is 0.585. The smallest absolute Gasteiger partial charge is 0.401 e. The van der Waals surface area contributed by atoms with Gasteiger partial charge in [-0.15, -0.1) is 0 Å². The molecule has 146 valence electrons. The summed E-state index contributed by atoms with van der Waals surface area (Å²) in [6, 6.07) is 3.71. The molecule has 1 atom stereocenters. The number of carbonyl (C=O) groups excluding carboxylic acids is 1. The van der Waals surface area contributed by atoms with Crippen LogP contribution in [0.15, 0.2) is 18.2 Å². The summed E-state index contributed by atoms with van der Waals surface area (Å²) in [6.45, 7) is -0.190. The summed E-state index contributed by atoms with van der Waals surface area (Å²) in [6.07, 6.45) is -3.33. The normalized spacial score (nSPS) is 18.6. The van der Waals surface area contributed by atoms with Crippen LogP contribution in [0.25, 0.3) is 0 Å². The Morgan fingerprint density at radius 1 is 1.35 bits per heavy atom. The maximum Gasteiger partial charge on any atom is 0.401 e. The van der Waals surface area contributed by atoms with Crippen LogP contribution in [0.5, 0.6) is 5.75 Å². The summed E-state index contributed by atoms with van der Waals surface area (Å²) in [5.74, 6) is -1.32. The summed E-state index contributed by atoms with van der Waals surface area (Å²) < 4.78 is 61.5. The highest BCUT2D eigenvalue weighted by atomic mass is 19.4. The van der Waals surface area contributed by atoms with E-state index in [1.54, 1.807) is 0 Å². The van der Waals surface area contributed by atoms with E-state index in [0.717, 1.165) is 6.07 Å². The zero-order valence-electron chi connectivity index (χ0n) is 14.4. The van der Waals surface area contributed by atoms with Gasteiger partial charge in [0, 0.05) is 19.7 Å². The molecular weight excluding hydrogens is 356 g/mol. The molecule has 1 saturated heterocycles. The van der Waals surface area contributed by atoms with Crippen molar-refractivity contribution in [2.75, 3.05) is 45.3 Å². The molecule has 2 rings (SSSR count). The molecule has 0 spiro atoms. The van der Waals surface area contributed by atoms with Crippen molar-refractivity contribution in [2.45, 2.75) is 19.0 Å². The Morgan fingerprint density at radius 2 is 2.12 bits per heavy atom. The highest BCUT2D eigenvalue weighted by Gasteiger charge is 2.34. The molecule has 0 saturated carbocycles. The van der Waals surface area contributed by atoms with E-state index in [-0.39, 0.29) is 24.6 Å². The van der Waals surface area contributed by atoms with Crippen molar-refractivity contribution in [2.24, 2.45) is 5.92 Å². The Bertz CT molecular complexity index is 610. The number of carbonyl (C=O) groups is 1. The second-order valence-electron chi connectivity index (χ2n) is 6.16. The number of hydrogen-bond donors (Lipinski definition) is 1. The number of halogens is 4. The van der Waals surface area contributed by atoms with E-state index < -0.39 is 30.4 Å². The van der Waals surface area contributed by atoms with Crippen molar-refractivity contribution in [3.63, 3.8) is 0 Å². The van der Waals surface area contributed by atoms with E-state index >= 15 is 0 Å². The lowest BCUT2D eigenvalue weighted by Gasteiger charge is -2.32. The van der Waals surface area contributed by atoms with Gasteiger partial charge in [-0.1, -0.05) is 0 Å². The van der Waals surface area contributed by atoms with Gasteiger partial charge in [0.05, 0.1) is 24.8 Å². The highest BCUT2D eigenvalue weighted by molar-refractivity contribution is 5.94. The Morgan fingerprint density at radius 3 is 2.81 bits per heavy atom. The number of amides is 1. The van der Waals surface area contributed by atoms with Crippen molar-refractivity contribution in [3.05, 3.63) is 24.0 Å². The fraction of sp³-hybridized carbons (Fsp3) is 0.588. The molecule has 0 aliphatic carbocycles. The highest BCUT2D eigenvalue weighted by Crippen LogP contribution is 2.28. The minimum absolute atomic E-state index is 0.0144. The zero-order chi connectivity index (χ0) is 19.2. The van der Waals surface area contributed by atoms with E-state index in [4.69, 9.17) is 9.47 Å². The van der Waals surface area contributed by atoms with Crippen LogP contribution in [0.3, 0.4) is 0 Å². The van der Waals surface area contributed by atoms with Gasteiger partial charge in [0.1, 0.15) is 18.2 Å². The van der Waals surface area contributed by atoms with Crippen molar-refractivity contribution < 1.29 is 31.8 Å². The van der Waals surface area contributed by atoms with Crippen LogP contribution < -0.4 is 10.1 Å². The molecule has 0 bridgehead atoms. The molecule has 1 aromatic carbocycles. The molecule has 5 nitrogen and oxygen atoms in total. The van der Waals surface area contributed by atoms with Gasteiger partial charge >= 0.3 is 6.18 Å². The van der Waals surface area contributed by atoms with Crippen molar-refractivity contribution in [1.82, 2.24) is 4.90 Å². The summed E-state index contributed by atoms with van der Waals surface area (Å²) in [5, 5.41) is 2.58. The number of nitrogens with one attached hydrogen (secondary N) is 1. The van der Waals surface area contributed by atoms with Crippen LogP contribution >= 0.6 is 0 Å². The first kappa shape index (κ1) is 20.4. The Hall–Kier alpha value is -1.87. The monoisotopic (exact) mass is 378 g/mol. The zero-order valence-corrected chi connectivity index (χ0v) is 14.4. The summed E-state index contributed by atoms with van der Waals surface area (Å²) in [7, 11) is 1.51. The van der Waals surface area contributed by atoms with Crippen LogP contribution in [-0.2, 0) is 9.53 Å². The van der Waals surface area contributed by atoms with Crippen LogP contribution in [0.4, 0.5) is 23.2 Å². The Balaban J connectivity index is 2.01. The topological polar surface area (TPSA) is 50.8 Å². The number of alkyl halides is 3. The number of hydrogen-bond acceptors (Lipinski definition) is 4. The van der Waals surface area contributed by atoms with Crippen molar-refractivity contribution >= 4 is 11.6 Å². The molecule has 1 aromatic rings. The lowest BCUT2D eigenvalue weighted by Crippen LogP contribution is -2.44. The predicted octanol–water partition coefficient (Wildman–Crippen LogP) is 3.06. The molecular formula is C17H22F4N2O3. The second kappa shape index (κ2) is 9.18. The van der Waals surface area contributed by atoms with Gasteiger partial charge in [-0.25, -0.2) is 4.39 Å². The molecule has 1 aliphatic heterocycles. The van der Waals surface area contributed by atoms with Crippen LogP contribution in [0.2, 0.25) is 0 Å². The fourth-order valence-electron chi connectivity index (χ4n) is 2.86. The Kier molecular flexibility index (Phi) is 7.22. The number of benzene rings is 1. The van der Waals surface area contributed by atoms with Gasteiger partial charge in [0.2, 0.25) is 5.91 Å². The standard InChI is InChI=1S/C17H22F4N2O3/c1-25-7-8-26-15-5-4-13(18)9-14(15)22-16(24)12-3-2-6-23(10-12)11-17(19,20)21/h4-5,9,12H,2-3,6-8,10-11H2,1H3,(H,22,24)/t12-/m0/s1. The maximum absolute atomic E-state index is 13.5. The average Bonchev–Trinajstić information content (AvgIpc) is 2.55. The van der Waals surface area contributed by atoms with Crippen LogP contribution in [0, 0.1) is 11.7 Å². The molecule has 1 amide bonds. The number of methoxy groups -OCH3 is 1. The first-order chi connectivity index (χ1) is 12.3. The van der Waals surface area contributed by atoms with E-state index in [0.29, 0.717) is 26.0 Å². The number of likely N-dealkylation sites (tertiary alicyclic amines) is 1. The SMILES string of the molecule is COCCOc1ccc(F)cc1NC(=O)[C@H]1CCCN(CC(F)(F)F)C1. The number of ether oxygens (including phenoxy) is 2. The molecule has 0 unspecified atom stereocenters. The number of anilines is 1. The van der Waals surface area contributed by atoms with Gasteiger partial charge in [0.15, 0.2) is 0 Å². The molecule has 26 heavy (non-hydrogen) atoms. The van der Waals surface area contributed by atoms with Crippen LogP contribution in [0.1, 0.15) is 12.8 Å². The van der Waals surface area contributed by atoms with Gasteiger partial charge < -0.3 is 14.8 Å². The lowest BCUT2D eigenvalue weighted by molar-refractivity contribution is -0.151. The molecule has 1 N–H and O–H groups in total.